The van der Waals surface area contributed by atoms with Crippen molar-refractivity contribution >= 4 is 0 Å². The predicted octanol–water partition coefficient (Wildman–Crippen LogP) is 2.18. The maximum atomic E-state index is 3.43. The summed E-state index contributed by atoms with van der Waals surface area (Å²) in [5.41, 5.74) is 4.33. The van der Waals surface area contributed by atoms with Crippen LogP contribution in [-0.4, -0.2) is 11.1 Å². The van der Waals surface area contributed by atoms with Crippen LogP contribution >= 0.6 is 0 Å². The van der Waals surface area contributed by atoms with Gasteiger partial charge in [-0.2, -0.15) is 0 Å². The highest BCUT2D eigenvalue weighted by molar-refractivity contribution is 5.26. The van der Waals surface area contributed by atoms with Crippen LogP contribution in [0.4, 0.5) is 0 Å². The molecule has 0 unspecified atom stereocenters. The van der Waals surface area contributed by atoms with Crippen LogP contribution in [0.2, 0.25) is 0 Å². The van der Waals surface area contributed by atoms with Crippen LogP contribution in [0.5, 0.6) is 0 Å². The van der Waals surface area contributed by atoms with Crippen molar-refractivity contribution in [2.75, 3.05) is 6.54 Å². The average molecular weight is 212 g/mol. The van der Waals surface area contributed by atoms with Crippen molar-refractivity contribution < 1.29 is 0 Å². The Balaban J connectivity index is 1.88. The molecular weight excluding hydrogens is 196 g/mol. The first-order valence-corrected chi connectivity index (χ1v) is 5.85. The van der Waals surface area contributed by atoms with Crippen LogP contribution in [0, 0.1) is 0 Å². The van der Waals surface area contributed by atoms with Crippen LogP contribution < -0.4 is 5.32 Å². The molecule has 0 fully saturated rings. The van der Waals surface area contributed by atoms with E-state index in [4.69, 9.17) is 0 Å². The third-order valence-electron chi connectivity index (χ3n) is 3.23. The van der Waals surface area contributed by atoms with Gasteiger partial charge in [-0.05, 0) is 30.2 Å². The fraction of sp³-hybridized carbons (Fsp3) is 0.286. The Morgan fingerprint density at radius 3 is 2.88 bits per heavy atom. The SMILES string of the molecule is c1ccc(Cn2ccc3c2CNCC3)cc1. The maximum absolute atomic E-state index is 3.43. The summed E-state index contributed by atoms with van der Waals surface area (Å²) in [6, 6.07) is 12.9. The van der Waals surface area contributed by atoms with Gasteiger partial charge in [-0.25, -0.2) is 0 Å². The Kier molecular flexibility index (Phi) is 2.50. The summed E-state index contributed by atoms with van der Waals surface area (Å²) in [6.07, 6.45) is 3.38. The van der Waals surface area contributed by atoms with E-state index in [1.807, 2.05) is 0 Å². The number of rotatable bonds is 2. The lowest BCUT2D eigenvalue weighted by Crippen LogP contribution is -2.25. The second kappa shape index (κ2) is 4.14. The molecule has 0 spiro atoms. The molecule has 2 nitrogen and oxygen atoms in total. The maximum Gasteiger partial charge on any atom is 0.0473 e. The lowest BCUT2D eigenvalue weighted by molar-refractivity contribution is 0.597. The molecule has 2 heteroatoms. The summed E-state index contributed by atoms with van der Waals surface area (Å²) >= 11 is 0. The van der Waals surface area contributed by atoms with E-state index >= 15 is 0 Å². The van der Waals surface area contributed by atoms with E-state index in [0.717, 1.165) is 26.1 Å². The van der Waals surface area contributed by atoms with Crippen LogP contribution in [0.25, 0.3) is 0 Å². The van der Waals surface area contributed by atoms with Gasteiger partial charge in [0.25, 0.3) is 0 Å². The Hall–Kier alpha value is -1.54. The highest BCUT2D eigenvalue weighted by Crippen LogP contribution is 2.16. The van der Waals surface area contributed by atoms with Gasteiger partial charge in [-0.3, -0.25) is 0 Å². The zero-order valence-electron chi connectivity index (χ0n) is 9.32. The first kappa shape index (κ1) is 9.67. The van der Waals surface area contributed by atoms with E-state index in [2.05, 4.69) is 52.5 Å². The van der Waals surface area contributed by atoms with Crippen molar-refractivity contribution in [1.82, 2.24) is 9.88 Å². The van der Waals surface area contributed by atoms with Gasteiger partial charge in [0.15, 0.2) is 0 Å². The van der Waals surface area contributed by atoms with Gasteiger partial charge in [0, 0.05) is 25.0 Å². The molecular formula is C14H16N2. The predicted molar refractivity (Wildman–Crippen MR) is 65.4 cm³/mol. The number of aromatic nitrogens is 1. The van der Waals surface area contributed by atoms with E-state index in [9.17, 15) is 0 Å². The fourth-order valence-corrected chi connectivity index (χ4v) is 2.35. The Morgan fingerprint density at radius 2 is 2.00 bits per heavy atom. The van der Waals surface area contributed by atoms with Gasteiger partial charge in [0.05, 0.1) is 0 Å². The largest absolute Gasteiger partial charge is 0.346 e. The molecule has 0 amide bonds. The second-order valence-corrected chi connectivity index (χ2v) is 4.33. The first-order chi connectivity index (χ1) is 7.93. The molecule has 1 N–H and O–H groups in total. The molecule has 3 rings (SSSR count). The van der Waals surface area contributed by atoms with Crippen LogP contribution in [0.1, 0.15) is 16.8 Å². The van der Waals surface area contributed by atoms with Gasteiger partial charge in [-0.1, -0.05) is 30.3 Å². The van der Waals surface area contributed by atoms with E-state index in [-0.39, 0.29) is 0 Å². The topological polar surface area (TPSA) is 17.0 Å². The standard InChI is InChI=1S/C14H16N2/c1-2-4-12(5-3-1)11-16-9-7-13-6-8-15-10-14(13)16/h1-5,7,9,15H,6,8,10-11H2. The van der Waals surface area contributed by atoms with Gasteiger partial charge < -0.3 is 9.88 Å². The molecule has 1 aliphatic rings. The van der Waals surface area contributed by atoms with E-state index in [1.54, 1.807) is 0 Å². The molecule has 0 radical (unpaired) electrons. The quantitative estimate of drug-likeness (QED) is 0.807. The Morgan fingerprint density at radius 1 is 1.12 bits per heavy atom. The van der Waals surface area contributed by atoms with Gasteiger partial charge in [-0.15, -0.1) is 0 Å². The summed E-state index contributed by atoms with van der Waals surface area (Å²) in [5.74, 6) is 0. The van der Waals surface area contributed by atoms with E-state index in [0.29, 0.717) is 0 Å². The van der Waals surface area contributed by atoms with Gasteiger partial charge >= 0.3 is 0 Å². The summed E-state index contributed by atoms with van der Waals surface area (Å²) in [6.45, 7) is 3.11. The third kappa shape index (κ3) is 1.76. The third-order valence-corrected chi connectivity index (χ3v) is 3.23. The van der Waals surface area contributed by atoms with E-state index < -0.39 is 0 Å². The molecule has 0 aliphatic carbocycles. The number of fused-ring (bicyclic) bond motifs is 1. The van der Waals surface area contributed by atoms with E-state index in [1.165, 1.54) is 16.8 Å². The van der Waals surface area contributed by atoms with Crippen molar-refractivity contribution in [2.24, 2.45) is 0 Å². The Bertz CT molecular complexity index is 471. The average Bonchev–Trinajstić information content (AvgIpc) is 2.74. The van der Waals surface area contributed by atoms with Crippen LogP contribution in [0.15, 0.2) is 42.6 Å². The van der Waals surface area contributed by atoms with Crippen molar-refractivity contribution in [1.29, 1.82) is 0 Å². The smallest absolute Gasteiger partial charge is 0.0473 e. The lowest BCUT2D eigenvalue weighted by Gasteiger charge is -2.16. The van der Waals surface area contributed by atoms with Gasteiger partial charge in [0.2, 0.25) is 0 Å². The minimum Gasteiger partial charge on any atom is -0.346 e. The number of nitrogens with one attached hydrogen (secondary N) is 1. The lowest BCUT2D eigenvalue weighted by atomic mass is 10.1. The van der Waals surface area contributed by atoms with Crippen molar-refractivity contribution in [3.8, 4) is 0 Å². The number of benzene rings is 1. The molecule has 1 aliphatic heterocycles. The summed E-state index contributed by atoms with van der Waals surface area (Å²) < 4.78 is 2.36. The van der Waals surface area contributed by atoms with Crippen molar-refractivity contribution in [3.63, 3.8) is 0 Å². The molecule has 2 heterocycles. The molecule has 0 bridgehead atoms. The molecule has 0 saturated carbocycles. The fourth-order valence-electron chi connectivity index (χ4n) is 2.35. The monoisotopic (exact) mass is 212 g/mol. The molecule has 82 valence electrons. The Labute approximate surface area is 95.9 Å². The molecule has 0 atom stereocenters. The normalized spacial score (nSPS) is 14.8. The first-order valence-electron chi connectivity index (χ1n) is 5.85. The summed E-state index contributed by atoms with van der Waals surface area (Å²) in [4.78, 5) is 0. The molecule has 16 heavy (non-hydrogen) atoms. The van der Waals surface area contributed by atoms with Crippen LogP contribution in [-0.2, 0) is 19.5 Å². The number of hydrogen-bond acceptors (Lipinski definition) is 1. The summed E-state index contributed by atoms with van der Waals surface area (Å²) in [5, 5.41) is 3.43. The highest BCUT2D eigenvalue weighted by atomic mass is 15.0. The van der Waals surface area contributed by atoms with Crippen molar-refractivity contribution in [3.05, 3.63) is 59.4 Å². The second-order valence-electron chi connectivity index (χ2n) is 4.33. The minimum atomic E-state index is 0.984. The highest BCUT2D eigenvalue weighted by Gasteiger charge is 2.12. The summed E-state index contributed by atoms with van der Waals surface area (Å²) in [7, 11) is 0. The molecule has 2 aromatic rings. The zero-order chi connectivity index (χ0) is 10.8. The van der Waals surface area contributed by atoms with Crippen molar-refractivity contribution in [2.45, 2.75) is 19.5 Å². The molecule has 1 aromatic heterocycles. The number of nitrogens with zero attached hydrogens (tertiary/aromatic N) is 1. The zero-order valence-corrected chi connectivity index (χ0v) is 9.32. The van der Waals surface area contributed by atoms with Gasteiger partial charge in [0.1, 0.15) is 0 Å². The van der Waals surface area contributed by atoms with Crippen LogP contribution in [0.3, 0.4) is 0 Å². The molecule has 0 saturated heterocycles. The minimum absolute atomic E-state index is 0.984. The molecule has 1 aromatic carbocycles. The number of hydrogen-bond donors (Lipinski definition) is 1.